The third kappa shape index (κ3) is 4.55. The molecule has 0 atom stereocenters. The minimum atomic E-state index is 0.245. The van der Waals surface area contributed by atoms with Gasteiger partial charge in [0, 0.05) is 10.6 Å². The van der Waals surface area contributed by atoms with Crippen molar-refractivity contribution in [3.63, 3.8) is 0 Å². The number of phenolic OH excluding ortho intramolecular Hbond substituents is 2. The van der Waals surface area contributed by atoms with E-state index in [1.807, 2.05) is 48.5 Å². The SMILES string of the molecule is Oc1ccc(Cl)cc1.Oc1ccccc1-c1ccccc1. The van der Waals surface area contributed by atoms with Crippen LogP contribution in [0.4, 0.5) is 0 Å². The van der Waals surface area contributed by atoms with Crippen molar-refractivity contribution in [1.82, 2.24) is 0 Å². The Bertz CT molecular complexity index is 658. The quantitative estimate of drug-likeness (QED) is 0.656. The minimum Gasteiger partial charge on any atom is -0.508 e. The number of halogens is 1. The predicted octanol–water partition coefficient (Wildman–Crippen LogP) is 5.10. The summed E-state index contributed by atoms with van der Waals surface area (Å²) in [5.74, 6) is 0.572. The van der Waals surface area contributed by atoms with Gasteiger partial charge >= 0.3 is 0 Å². The normalized spacial score (nSPS) is 9.57. The van der Waals surface area contributed by atoms with E-state index in [1.54, 1.807) is 30.3 Å². The Morgan fingerprint density at radius 2 is 1.19 bits per heavy atom. The second-order valence-electron chi connectivity index (χ2n) is 4.36. The van der Waals surface area contributed by atoms with E-state index in [-0.39, 0.29) is 5.75 Å². The van der Waals surface area contributed by atoms with Gasteiger partial charge in [0.2, 0.25) is 0 Å². The average Bonchev–Trinajstić information content (AvgIpc) is 2.52. The monoisotopic (exact) mass is 298 g/mol. The van der Waals surface area contributed by atoms with Crippen LogP contribution in [0.3, 0.4) is 0 Å². The van der Waals surface area contributed by atoms with E-state index in [1.165, 1.54) is 0 Å². The Kier molecular flexibility index (Phi) is 5.24. The van der Waals surface area contributed by atoms with Crippen LogP contribution in [-0.2, 0) is 0 Å². The molecule has 0 amide bonds. The van der Waals surface area contributed by atoms with E-state index in [9.17, 15) is 5.11 Å². The fourth-order valence-electron chi connectivity index (χ4n) is 1.78. The molecule has 21 heavy (non-hydrogen) atoms. The summed E-state index contributed by atoms with van der Waals surface area (Å²) >= 11 is 5.50. The molecule has 0 heterocycles. The minimum absolute atomic E-state index is 0.245. The molecule has 0 spiro atoms. The first-order chi connectivity index (χ1) is 10.2. The fourth-order valence-corrected chi connectivity index (χ4v) is 1.90. The zero-order chi connectivity index (χ0) is 15.1. The van der Waals surface area contributed by atoms with Crippen LogP contribution in [0.5, 0.6) is 11.5 Å². The van der Waals surface area contributed by atoms with E-state index in [2.05, 4.69) is 0 Å². The highest BCUT2D eigenvalue weighted by Crippen LogP contribution is 2.27. The molecular formula is C18H15ClO2. The van der Waals surface area contributed by atoms with Crippen molar-refractivity contribution in [2.75, 3.05) is 0 Å². The number of hydrogen-bond acceptors (Lipinski definition) is 2. The smallest absolute Gasteiger partial charge is 0.123 e. The summed E-state index contributed by atoms with van der Waals surface area (Å²) in [7, 11) is 0. The molecule has 3 rings (SSSR count). The molecule has 0 fully saturated rings. The van der Waals surface area contributed by atoms with Crippen molar-refractivity contribution in [3.05, 3.63) is 83.9 Å². The molecule has 0 bridgehead atoms. The third-order valence-electron chi connectivity index (χ3n) is 2.82. The molecule has 2 N–H and O–H groups in total. The molecule has 2 nitrogen and oxygen atoms in total. The second-order valence-corrected chi connectivity index (χ2v) is 4.80. The highest BCUT2D eigenvalue weighted by atomic mass is 35.5. The van der Waals surface area contributed by atoms with Gasteiger partial charge in [0.15, 0.2) is 0 Å². The summed E-state index contributed by atoms with van der Waals surface area (Å²) in [6.07, 6.45) is 0. The maximum absolute atomic E-state index is 9.56. The van der Waals surface area contributed by atoms with Gasteiger partial charge in [-0.25, -0.2) is 0 Å². The average molecular weight is 299 g/mol. The number of phenols is 2. The standard InChI is InChI=1S/C12H10O.C6H5ClO/c13-12-9-5-4-8-11(12)10-6-2-1-3-7-10;7-5-1-3-6(8)4-2-5/h1-9,13H;1-4,8H. The van der Waals surface area contributed by atoms with Gasteiger partial charge in [0.1, 0.15) is 11.5 Å². The summed E-state index contributed by atoms with van der Waals surface area (Å²) in [5, 5.41) is 18.9. The van der Waals surface area contributed by atoms with E-state index in [0.29, 0.717) is 10.8 Å². The number of para-hydroxylation sites is 1. The Balaban J connectivity index is 0.000000173. The molecule has 0 aliphatic carbocycles. The summed E-state index contributed by atoms with van der Waals surface area (Å²) in [6, 6.07) is 23.5. The predicted molar refractivity (Wildman–Crippen MR) is 86.7 cm³/mol. The fraction of sp³-hybridized carbons (Fsp3) is 0. The molecule has 0 aromatic heterocycles. The molecule has 3 heteroatoms. The third-order valence-corrected chi connectivity index (χ3v) is 3.07. The molecule has 0 saturated heterocycles. The van der Waals surface area contributed by atoms with E-state index in [0.717, 1.165) is 11.1 Å². The number of hydrogen-bond donors (Lipinski definition) is 2. The molecule has 0 saturated carbocycles. The van der Waals surface area contributed by atoms with Crippen LogP contribution in [0, 0.1) is 0 Å². The summed E-state index contributed by atoms with van der Waals surface area (Å²) in [6.45, 7) is 0. The first kappa shape index (κ1) is 14.9. The molecular weight excluding hydrogens is 284 g/mol. The van der Waals surface area contributed by atoms with Gasteiger partial charge in [-0.1, -0.05) is 60.1 Å². The van der Waals surface area contributed by atoms with Gasteiger partial charge in [-0.15, -0.1) is 0 Å². The van der Waals surface area contributed by atoms with Gasteiger partial charge < -0.3 is 10.2 Å². The number of benzene rings is 3. The van der Waals surface area contributed by atoms with Gasteiger partial charge in [-0.2, -0.15) is 0 Å². The highest BCUT2D eigenvalue weighted by Gasteiger charge is 2.00. The lowest BCUT2D eigenvalue weighted by atomic mass is 10.1. The highest BCUT2D eigenvalue weighted by molar-refractivity contribution is 6.30. The topological polar surface area (TPSA) is 40.5 Å². The molecule has 0 aliphatic heterocycles. The molecule has 0 unspecified atom stereocenters. The largest absolute Gasteiger partial charge is 0.508 e. The van der Waals surface area contributed by atoms with Crippen molar-refractivity contribution < 1.29 is 10.2 Å². The van der Waals surface area contributed by atoms with Gasteiger partial charge in [0.25, 0.3) is 0 Å². The summed E-state index contributed by atoms with van der Waals surface area (Å²) in [4.78, 5) is 0. The Labute approximate surface area is 128 Å². The summed E-state index contributed by atoms with van der Waals surface area (Å²) in [5.41, 5.74) is 1.92. The molecule has 0 aliphatic rings. The van der Waals surface area contributed by atoms with Crippen LogP contribution in [0.25, 0.3) is 11.1 Å². The van der Waals surface area contributed by atoms with Crippen LogP contribution >= 0.6 is 11.6 Å². The zero-order valence-corrected chi connectivity index (χ0v) is 12.0. The molecule has 3 aromatic carbocycles. The van der Waals surface area contributed by atoms with E-state index < -0.39 is 0 Å². The van der Waals surface area contributed by atoms with Gasteiger partial charge in [0.05, 0.1) is 0 Å². The van der Waals surface area contributed by atoms with Crippen molar-refractivity contribution in [2.45, 2.75) is 0 Å². The van der Waals surface area contributed by atoms with Gasteiger partial charge in [-0.05, 0) is 35.9 Å². The maximum Gasteiger partial charge on any atom is 0.123 e. The zero-order valence-electron chi connectivity index (χ0n) is 11.3. The van der Waals surface area contributed by atoms with E-state index in [4.69, 9.17) is 16.7 Å². The lowest BCUT2D eigenvalue weighted by Crippen LogP contribution is -1.76. The Morgan fingerprint density at radius 1 is 0.619 bits per heavy atom. The first-order valence-electron chi connectivity index (χ1n) is 6.45. The lowest BCUT2D eigenvalue weighted by Gasteiger charge is -2.02. The second kappa shape index (κ2) is 7.36. The van der Waals surface area contributed by atoms with Crippen molar-refractivity contribution >= 4 is 11.6 Å². The first-order valence-corrected chi connectivity index (χ1v) is 6.82. The van der Waals surface area contributed by atoms with Gasteiger partial charge in [-0.3, -0.25) is 0 Å². The summed E-state index contributed by atoms with van der Waals surface area (Å²) < 4.78 is 0. The lowest BCUT2D eigenvalue weighted by molar-refractivity contribution is 0.475. The van der Waals surface area contributed by atoms with Crippen LogP contribution in [0.2, 0.25) is 5.02 Å². The Hall–Kier alpha value is -2.45. The number of rotatable bonds is 1. The van der Waals surface area contributed by atoms with Crippen LogP contribution in [0.15, 0.2) is 78.9 Å². The van der Waals surface area contributed by atoms with Crippen LogP contribution in [-0.4, -0.2) is 10.2 Å². The van der Waals surface area contributed by atoms with Crippen LogP contribution < -0.4 is 0 Å². The van der Waals surface area contributed by atoms with Crippen LogP contribution in [0.1, 0.15) is 0 Å². The molecule has 3 aromatic rings. The molecule has 0 radical (unpaired) electrons. The van der Waals surface area contributed by atoms with Crippen molar-refractivity contribution in [1.29, 1.82) is 0 Å². The Morgan fingerprint density at radius 3 is 1.76 bits per heavy atom. The number of aromatic hydroxyl groups is 2. The maximum atomic E-state index is 9.56. The van der Waals surface area contributed by atoms with E-state index >= 15 is 0 Å². The van der Waals surface area contributed by atoms with Crippen molar-refractivity contribution in [2.24, 2.45) is 0 Å². The van der Waals surface area contributed by atoms with Crippen molar-refractivity contribution in [3.8, 4) is 22.6 Å². The molecule has 106 valence electrons.